The molecule has 4 heterocycles. The molecule has 58 heavy (non-hydrogen) atoms. The number of hydrogen-bond donors (Lipinski definition) is 5. The van der Waals surface area contributed by atoms with Gasteiger partial charge >= 0.3 is 0 Å². The maximum absolute atomic E-state index is 15.4. The summed E-state index contributed by atoms with van der Waals surface area (Å²) < 4.78 is 46.8. The molecule has 6 rings (SSSR count). The van der Waals surface area contributed by atoms with Crippen LogP contribution in [0.2, 0.25) is 0 Å². The molecule has 7 atom stereocenters. The summed E-state index contributed by atoms with van der Waals surface area (Å²) in [5.41, 5.74) is 2.68. The SMILES string of the molecule is CCC(NC(=O)C(C)NC)C(=O)N1CCCC1Cc1c(-c2nc3cc(F)ccc3n2CC2CC(F)CN2C(=O)C(NC(=O)C(C)NC)C(C)C)[nH]c2cc(F)ccc12. The van der Waals surface area contributed by atoms with Gasteiger partial charge in [-0.2, -0.15) is 0 Å². The third kappa shape index (κ3) is 8.72. The third-order valence-electron chi connectivity index (χ3n) is 11.8. The number of imidazole rings is 1. The molecule has 16 heteroatoms. The number of alkyl halides is 1. The molecular weight excluding hydrogens is 752 g/mol. The van der Waals surface area contributed by atoms with E-state index < -0.39 is 53.9 Å². The number of aromatic nitrogens is 3. The highest BCUT2D eigenvalue weighted by atomic mass is 19.1. The quantitative estimate of drug-likeness (QED) is 0.121. The number of hydrogen-bond acceptors (Lipinski definition) is 7. The molecule has 0 bridgehead atoms. The van der Waals surface area contributed by atoms with Crippen molar-refractivity contribution >= 4 is 45.6 Å². The molecule has 0 radical (unpaired) electrons. The first-order chi connectivity index (χ1) is 27.6. The molecule has 314 valence electrons. The van der Waals surface area contributed by atoms with Gasteiger partial charge in [0, 0.05) is 42.5 Å². The fourth-order valence-corrected chi connectivity index (χ4v) is 8.26. The van der Waals surface area contributed by atoms with Gasteiger partial charge in [-0.05, 0) is 95.4 Å². The van der Waals surface area contributed by atoms with Crippen molar-refractivity contribution in [3.05, 3.63) is 53.6 Å². The fourth-order valence-electron chi connectivity index (χ4n) is 8.26. The second-order valence-corrected chi connectivity index (χ2v) is 16.1. The number of carbonyl (C=O) groups is 4. The van der Waals surface area contributed by atoms with Gasteiger partial charge in [-0.25, -0.2) is 18.2 Å². The minimum absolute atomic E-state index is 0.0316. The van der Waals surface area contributed by atoms with E-state index in [4.69, 9.17) is 4.98 Å². The number of rotatable bonds is 15. The summed E-state index contributed by atoms with van der Waals surface area (Å²) in [7, 11) is 3.32. The maximum atomic E-state index is 15.4. The molecule has 2 aromatic heterocycles. The summed E-state index contributed by atoms with van der Waals surface area (Å²) in [4.78, 5) is 65.5. The van der Waals surface area contributed by atoms with Crippen LogP contribution in [0, 0.1) is 17.6 Å². The number of halogens is 3. The summed E-state index contributed by atoms with van der Waals surface area (Å²) in [5.74, 6) is -2.07. The minimum atomic E-state index is -1.32. The molecule has 0 saturated carbocycles. The van der Waals surface area contributed by atoms with Gasteiger partial charge in [-0.1, -0.05) is 20.8 Å². The highest BCUT2D eigenvalue weighted by Gasteiger charge is 2.41. The largest absolute Gasteiger partial charge is 0.352 e. The Balaban J connectivity index is 1.39. The zero-order valence-electron chi connectivity index (χ0n) is 34.3. The van der Waals surface area contributed by atoms with E-state index in [9.17, 15) is 28.0 Å². The van der Waals surface area contributed by atoms with Crippen molar-refractivity contribution in [3.8, 4) is 11.5 Å². The molecule has 4 aromatic rings. The molecule has 13 nitrogen and oxygen atoms in total. The van der Waals surface area contributed by atoms with Crippen molar-refractivity contribution in [2.75, 3.05) is 27.2 Å². The smallest absolute Gasteiger partial charge is 0.245 e. The van der Waals surface area contributed by atoms with Crippen molar-refractivity contribution in [1.29, 1.82) is 0 Å². The third-order valence-corrected chi connectivity index (χ3v) is 11.8. The molecule has 2 aromatic carbocycles. The number of nitrogens with one attached hydrogen (secondary N) is 5. The molecular formula is C42H56F3N9O4. The lowest BCUT2D eigenvalue weighted by molar-refractivity contribution is -0.139. The predicted molar refractivity (Wildman–Crippen MR) is 216 cm³/mol. The van der Waals surface area contributed by atoms with Crippen LogP contribution in [0.1, 0.15) is 65.9 Å². The number of amides is 4. The maximum Gasteiger partial charge on any atom is 0.245 e. The second-order valence-electron chi connectivity index (χ2n) is 16.1. The van der Waals surface area contributed by atoms with Gasteiger partial charge in [-0.15, -0.1) is 0 Å². The Hall–Kier alpha value is -4.96. The van der Waals surface area contributed by atoms with Crippen LogP contribution in [0.3, 0.4) is 0 Å². The topological polar surface area (TPSA) is 156 Å². The number of carbonyl (C=O) groups excluding carboxylic acids is 4. The Morgan fingerprint density at radius 2 is 1.57 bits per heavy atom. The lowest BCUT2D eigenvalue weighted by Crippen LogP contribution is -2.55. The zero-order valence-corrected chi connectivity index (χ0v) is 34.3. The van der Waals surface area contributed by atoms with Crippen LogP contribution in [-0.4, -0.2) is 118 Å². The zero-order chi connectivity index (χ0) is 42.0. The Labute approximate surface area is 336 Å². The van der Waals surface area contributed by atoms with Crippen molar-refractivity contribution in [2.45, 2.75) is 116 Å². The number of likely N-dealkylation sites (N-methyl/N-ethyl adjacent to an activating group) is 2. The molecule has 0 aliphatic carbocycles. The Kier molecular flexibility index (Phi) is 13.2. The lowest BCUT2D eigenvalue weighted by atomic mass is 9.99. The van der Waals surface area contributed by atoms with Crippen LogP contribution in [0.5, 0.6) is 0 Å². The molecule has 5 N–H and O–H groups in total. The van der Waals surface area contributed by atoms with Crippen molar-refractivity contribution in [1.82, 2.24) is 45.6 Å². The van der Waals surface area contributed by atoms with E-state index >= 15 is 4.39 Å². The highest BCUT2D eigenvalue weighted by molar-refractivity contribution is 5.93. The van der Waals surface area contributed by atoms with E-state index in [-0.39, 0.29) is 49.2 Å². The standard InChI is InChI=1S/C42H56F3N9O4/c1-8-32(50-39(55)23(4)46-6)41(57)52-15-9-10-28(52)19-31-30-13-11-25(43)17-33(30)48-37(31)38-49-34-18-26(44)12-14-35(34)54(38)21-29-16-27(45)20-53(29)42(58)36(22(2)3)51-40(56)24(5)47-7/h11-14,17-18,22-24,27-29,32,36,46-48H,8-10,15-16,19-21H2,1-7H3,(H,50,55)(H,51,56). The number of benzene rings is 2. The molecule has 0 spiro atoms. The first-order valence-electron chi connectivity index (χ1n) is 20.3. The first-order valence-corrected chi connectivity index (χ1v) is 20.3. The summed E-state index contributed by atoms with van der Waals surface area (Å²) >= 11 is 0. The van der Waals surface area contributed by atoms with E-state index in [0.717, 1.165) is 17.4 Å². The average Bonchev–Trinajstić information content (AvgIpc) is 3.98. The predicted octanol–water partition coefficient (Wildman–Crippen LogP) is 4.19. The van der Waals surface area contributed by atoms with Crippen LogP contribution >= 0.6 is 0 Å². The minimum Gasteiger partial charge on any atom is -0.352 e. The van der Waals surface area contributed by atoms with Crippen molar-refractivity contribution in [2.24, 2.45) is 5.92 Å². The van der Waals surface area contributed by atoms with Gasteiger partial charge in [0.1, 0.15) is 29.9 Å². The van der Waals surface area contributed by atoms with E-state index in [1.54, 1.807) is 40.1 Å². The molecule has 4 amide bonds. The molecule has 7 unspecified atom stereocenters. The van der Waals surface area contributed by atoms with Gasteiger partial charge in [0.25, 0.3) is 0 Å². The highest BCUT2D eigenvalue weighted by Crippen LogP contribution is 2.37. The molecule has 2 fully saturated rings. The summed E-state index contributed by atoms with van der Waals surface area (Å²) in [6, 6.07) is 5.11. The number of H-pyrrole nitrogens is 1. The van der Waals surface area contributed by atoms with Gasteiger partial charge < -0.3 is 40.6 Å². The summed E-state index contributed by atoms with van der Waals surface area (Å²) in [6.07, 6.45) is 0.921. The van der Waals surface area contributed by atoms with Crippen LogP contribution in [0.25, 0.3) is 33.5 Å². The summed E-state index contributed by atoms with van der Waals surface area (Å²) in [5, 5.41) is 12.2. The van der Waals surface area contributed by atoms with Crippen LogP contribution < -0.4 is 21.3 Å². The van der Waals surface area contributed by atoms with Gasteiger partial charge in [-0.3, -0.25) is 19.2 Å². The fraction of sp³-hybridized carbons (Fsp3) is 0.548. The van der Waals surface area contributed by atoms with Crippen LogP contribution in [-0.2, 0) is 32.1 Å². The number of nitrogens with zero attached hydrogens (tertiary/aromatic N) is 4. The lowest BCUT2D eigenvalue weighted by Gasteiger charge is -2.32. The Morgan fingerprint density at radius 1 is 0.897 bits per heavy atom. The van der Waals surface area contributed by atoms with Crippen molar-refractivity contribution in [3.63, 3.8) is 0 Å². The molecule has 2 aliphatic rings. The Bertz CT molecular complexity index is 2150. The van der Waals surface area contributed by atoms with E-state index in [1.165, 1.54) is 29.2 Å². The van der Waals surface area contributed by atoms with Crippen LogP contribution in [0.15, 0.2) is 36.4 Å². The number of fused-ring (bicyclic) bond motifs is 2. The van der Waals surface area contributed by atoms with Gasteiger partial charge in [0.15, 0.2) is 5.82 Å². The average molecular weight is 808 g/mol. The Morgan fingerprint density at radius 3 is 2.24 bits per heavy atom. The summed E-state index contributed by atoms with van der Waals surface area (Å²) in [6.45, 7) is 9.35. The molecule has 2 aliphatic heterocycles. The van der Waals surface area contributed by atoms with E-state index in [0.29, 0.717) is 53.9 Å². The number of aromatic amines is 1. The van der Waals surface area contributed by atoms with Crippen LogP contribution in [0.4, 0.5) is 13.2 Å². The second kappa shape index (κ2) is 17.9. The van der Waals surface area contributed by atoms with Gasteiger partial charge in [0.2, 0.25) is 23.6 Å². The number of likely N-dealkylation sites (tertiary alicyclic amines) is 2. The van der Waals surface area contributed by atoms with Gasteiger partial charge in [0.05, 0.1) is 41.4 Å². The monoisotopic (exact) mass is 807 g/mol. The van der Waals surface area contributed by atoms with Crippen molar-refractivity contribution < 1.29 is 32.3 Å². The van der Waals surface area contributed by atoms with E-state index in [1.807, 2.05) is 30.2 Å². The van der Waals surface area contributed by atoms with E-state index in [2.05, 4.69) is 26.3 Å². The normalized spacial score (nSPS) is 20.5. The first kappa shape index (κ1) is 42.6. The molecule has 2 saturated heterocycles.